The Kier molecular flexibility index (Phi) is 6.73. The van der Waals surface area contributed by atoms with Gasteiger partial charge in [-0.1, -0.05) is 74.5 Å². The van der Waals surface area contributed by atoms with Crippen LogP contribution in [0.4, 0.5) is 0 Å². The molecule has 1 aliphatic heterocycles. The van der Waals surface area contributed by atoms with Crippen molar-refractivity contribution in [2.24, 2.45) is 5.92 Å². The Bertz CT molecular complexity index is 636. The van der Waals surface area contributed by atoms with Crippen molar-refractivity contribution >= 4 is 0 Å². The van der Waals surface area contributed by atoms with Crippen LogP contribution >= 0.6 is 0 Å². The number of rotatable bonds is 8. The molecule has 27 heavy (non-hydrogen) atoms. The number of nitrogens with zero attached hydrogens (tertiary/aromatic N) is 2. The van der Waals surface area contributed by atoms with Crippen molar-refractivity contribution in [3.63, 3.8) is 0 Å². The van der Waals surface area contributed by atoms with Crippen LogP contribution in [-0.2, 0) is 5.41 Å². The Balaban J connectivity index is 2.04. The number of benzene rings is 2. The minimum absolute atomic E-state index is 0.0833. The molecule has 3 rings (SSSR count). The Labute approximate surface area is 166 Å². The first-order valence-corrected chi connectivity index (χ1v) is 10.7. The summed E-state index contributed by atoms with van der Waals surface area (Å²) in [7, 11) is 0. The molecule has 1 saturated heterocycles. The Morgan fingerprint density at radius 1 is 0.926 bits per heavy atom. The van der Waals surface area contributed by atoms with E-state index in [-0.39, 0.29) is 5.41 Å². The molecule has 146 valence electrons. The van der Waals surface area contributed by atoms with Crippen LogP contribution in [0.25, 0.3) is 0 Å². The highest BCUT2D eigenvalue weighted by Gasteiger charge is 2.48. The zero-order chi connectivity index (χ0) is 19.3. The van der Waals surface area contributed by atoms with Crippen LogP contribution in [0.2, 0.25) is 0 Å². The van der Waals surface area contributed by atoms with Crippen molar-refractivity contribution in [2.45, 2.75) is 45.6 Å². The van der Waals surface area contributed by atoms with Crippen LogP contribution in [0.3, 0.4) is 0 Å². The quantitative estimate of drug-likeness (QED) is 0.647. The molecule has 0 N–H and O–H groups in total. The van der Waals surface area contributed by atoms with Gasteiger partial charge in [-0.3, -0.25) is 4.90 Å². The summed E-state index contributed by atoms with van der Waals surface area (Å²) >= 11 is 0. The van der Waals surface area contributed by atoms with Crippen molar-refractivity contribution < 1.29 is 0 Å². The van der Waals surface area contributed by atoms with Gasteiger partial charge in [0.25, 0.3) is 0 Å². The molecule has 0 radical (unpaired) electrons. The summed E-state index contributed by atoms with van der Waals surface area (Å²) in [6, 6.07) is 23.1. The zero-order valence-corrected chi connectivity index (χ0v) is 17.6. The van der Waals surface area contributed by atoms with E-state index < -0.39 is 0 Å². The summed E-state index contributed by atoms with van der Waals surface area (Å²) in [5, 5.41) is 0. The van der Waals surface area contributed by atoms with Crippen LogP contribution in [-0.4, -0.2) is 48.6 Å². The van der Waals surface area contributed by atoms with Gasteiger partial charge in [0, 0.05) is 24.5 Å². The van der Waals surface area contributed by atoms with Crippen LogP contribution in [0, 0.1) is 5.92 Å². The van der Waals surface area contributed by atoms with Gasteiger partial charge >= 0.3 is 0 Å². The molecule has 0 unspecified atom stereocenters. The lowest BCUT2D eigenvalue weighted by Crippen LogP contribution is -2.39. The van der Waals surface area contributed by atoms with E-state index in [9.17, 15) is 0 Å². The lowest BCUT2D eigenvalue weighted by Gasteiger charge is -2.37. The lowest BCUT2D eigenvalue weighted by molar-refractivity contribution is 0.244. The fourth-order valence-corrected chi connectivity index (χ4v) is 4.85. The minimum atomic E-state index is 0.0833. The van der Waals surface area contributed by atoms with Crippen molar-refractivity contribution in [3.05, 3.63) is 71.8 Å². The second kappa shape index (κ2) is 9.03. The average Bonchev–Trinajstić information content (AvgIpc) is 3.11. The van der Waals surface area contributed by atoms with Crippen LogP contribution in [0.5, 0.6) is 0 Å². The Morgan fingerprint density at radius 3 is 1.89 bits per heavy atom. The molecule has 2 heteroatoms. The van der Waals surface area contributed by atoms with Crippen LogP contribution < -0.4 is 0 Å². The summed E-state index contributed by atoms with van der Waals surface area (Å²) in [6.07, 6.45) is 1.24. The third kappa shape index (κ3) is 4.12. The van der Waals surface area contributed by atoms with Gasteiger partial charge in [0.15, 0.2) is 0 Å². The maximum Gasteiger partial charge on any atom is 0.0370 e. The first-order valence-electron chi connectivity index (χ1n) is 10.7. The third-order valence-electron chi connectivity index (χ3n) is 6.60. The van der Waals surface area contributed by atoms with E-state index in [1.807, 2.05) is 0 Å². The highest BCUT2D eigenvalue weighted by atomic mass is 15.2. The van der Waals surface area contributed by atoms with E-state index >= 15 is 0 Å². The van der Waals surface area contributed by atoms with E-state index in [1.54, 1.807) is 0 Å². The van der Waals surface area contributed by atoms with Gasteiger partial charge in [-0.05, 0) is 56.9 Å². The van der Waals surface area contributed by atoms with Gasteiger partial charge in [0.2, 0.25) is 0 Å². The van der Waals surface area contributed by atoms with E-state index in [0.717, 1.165) is 19.6 Å². The molecule has 2 aromatic carbocycles. The first-order chi connectivity index (χ1) is 13.1. The van der Waals surface area contributed by atoms with Gasteiger partial charge in [0.05, 0.1) is 0 Å². The van der Waals surface area contributed by atoms with Gasteiger partial charge in [-0.15, -0.1) is 0 Å². The highest BCUT2D eigenvalue weighted by Crippen LogP contribution is 2.46. The summed E-state index contributed by atoms with van der Waals surface area (Å²) < 4.78 is 0. The fraction of sp³-hybridized carbons (Fsp3) is 0.520. The maximum atomic E-state index is 2.69. The van der Waals surface area contributed by atoms with Gasteiger partial charge < -0.3 is 4.90 Å². The molecule has 0 spiro atoms. The largest absolute Gasteiger partial charge is 0.304 e. The molecule has 2 nitrogen and oxygen atoms in total. The summed E-state index contributed by atoms with van der Waals surface area (Å²) in [4.78, 5) is 5.26. The van der Waals surface area contributed by atoms with Crippen molar-refractivity contribution in [2.75, 3.05) is 32.7 Å². The maximum absolute atomic E-state index is 2.69. The number of hydrogen-bond acceptors (Lipinski definition) is 2. The van der Waals surface area contributed by atoms with Crippen LogP contribution in [0.15, 0.2) is 60.7 Å². The Hall–Kier alpha value is -1.64. The molecule has 1 heterocycles. The molecule has 0 saturated carbocycles. The number of hydrogen-bond donors (Lipinski definition) is 0. The summed E-state index contributed by atoms with van der Waals surface area (Å²) in [5.74, 6) is 0.630. The molecule has 1 atom stereocenters. The SMILES string of the molecule is CCN(CC)CC[C@H]1CN(C(C)C)CC1(c1ccccc1)c1ccccc1. The minimum Gasteiger partial charge on any atom is -0.304 e. The second-order valence-electron chi connectivity index (χ2n) is 8.24. The van der Waals surface area contributed by atoms with E-state index in [1.165, 1.54) is 30.6 Å². The number of likely N-dealkylation sites (tertiary alicyclic amines) is 1. The highest BCUT2D eigenvalue weighted by molar-refractivity contribution is 5.42. The first kappa shape index (κ1) is 20.1. The predicted molar refractivity (Wildman–Crippen MR) is 116 cm³/mol. The molecule has 1 aliphatic rings. The van der Waals surface area contributed by atoms with Gasteiger partial charge in [-0.2, -0.15) is 0 Å². The molecular weight excluding hydrogens is 328 g/mol. The molecule has 1 fully saturated rings. The van der Waals surface area contributed by atoms with E-state index in [4.69, 9.17) is 0 Å². The molecule has 0 amide bonds. The fourth-order valence-electron chi connectivity index (χ4n) is 4.85. The van der Waals surface area contributed by atoms with Crippen molar-refractivity contribution in [1.82, 2.24) is 9.80 Å². The summed E-state index contributed by atoms with van der Waals surface area (Å²) in [5.41, 5.74) is 3.03. The van der Waals surface area contributed by atoms with Crippen molar-refractivity contribution in [1.29, 1.82) is 0 Å². The lowest BCUT2D eigenvalue weighted by atomic mass is 9.66. The topological polar surface area (TPSA) is 6.48 Å². The van der Waals surface area contributed by atoms with Gasteiger partial charge in [0.1, 0.15) is 0 Å². The third-order valence-corrected chi connectivity index (χ3v) is 6.60. The normalized spacial score (nSPS) is 19.9. The van der Waals surface area contributed by atoms with E-state index in [2.05, 4.69) is 98.2 Å². The second-order valence-corrected chi connectivity index (χ2v) is 8.24. The summed E-state index contributed by atoms with van der Waals surface area (Å²) in [6.45, 7) is 15.0. The Morgan fingerprint density at radius 2 is 1.44 bits per heavy atom. The molecule has 0 bridgehead atoms. The smallest absolute Gasteiger partial charge is 0.0370 e. The standard InChI is InChI=1S/C25H36N2/c1-5-26(6-2)18-17-24-19-27(21(3)4)20-25(24,22-13-9-7-10-14-22)23-15-11-8-12-16-23/h7-16,21,24H,5-6,17-20H2,1-4H3/t24-/m0/s1. The van der Waals surface area contributed by atoms with E-state index in [0.29, 0.717) is 12.0 Å². The molecule has 0 aliphatic carbocycles. The average molecular weight is 365 g/mol. The van der Waals surface area contributed by atoms with Crippen molar-refractivity contribution in [3.8, 4) is 0 Å². The molecule has 2 aromatic rings. The van der Waals surface area contributed by atoms with Gasteiger partial charge in [-0.25, -0.2) is 0 Å². The molecular formula is C25H36N2. The van der Waals surface area contributed by atoms with Crippen LogP contribution in [0.1, 0.15) is 45.2 Å². The monoisotopic (exact) mass is 364 g/mol. The zero-order valence-electron chi connectivity index (χ0n) is 17.6. The predicted octanol–water partition coefficient (Wildman–Crippen LogP) is 5.04. The molecule has 0 aromatic heterocycles.